The predicted molar refractivity (Wildman–Crippen MR) is 79.2 cm³/mol. The first kappa shape index (κ1) is 13.1. The monoisotopic (exact) mass is 276 g/mol. The number of hydrogen-bond acceptors (Lipinski definition) is 2. The standard InChI is InChI=1S/C17H28N2O/c1-11(19-16(20)15-3-2-4-18-15)17-8-12-5-13(9-17)7-14(6-12)10-17/h11-15,18H,2-10H2,1H3,(H,19,20)/t11?,12?,13?,14?,15-,17?/m0/s1. The lowest BCUT2D eigenvalue weighted by Crippen LogP contribution is -2.57. The van der Waals surface area contributed by atoms with Gasteiger partial charge in [0.15, 0.2) is 0 Å². The van der Waals surface area contributed by atoms with Crippen molar-refractivity contribution in [3.63, 3.8) is 0 Å². The molecular weight excluding hydrogens is 248 g/mol. The molecule has 0 aromatic carbocycles. The minimum absolute atomic E-state index is 0.0753. The molecule has 4 bridgehead atoms. The fourth-order valence-electron chi connectivity index (χ4n) is 6.08. The van der Waals surface area contributed by atoms with Crippen LogP contribution in [0.3, 0.4) is 0 Å². The van der Waals surface area contributed by atoms with Crippen molar-refractivity contribution in [2.45, 2.75) is 70.4 Å². The van der Waals surface area contributed by atoms with E-state index < -0.39 is 0 Å². The van der Waals surface area contributed by atoms with E-state index in [1.807, 2.05) is 0 Å². The zero-order valence-electron chi connectivity index (χ0n) is 12.7. The maximum atomic E-state index is 12.4. The van der Waals surface area contributed by atoms with Gasteiger partial charge in [-0.3, -0.25) is 4.79 Å². The van der Waals surface area contributed by atoms with Gasteiger partial charge in [-0.15, -0.1) is 0 Å². The van der Waals surface area contributed by atoms with Crippen molar-refractivity contribution in [2.24, 2.45) is 23.2 Å². The maximum absolute atomic E-state index is 12.4. The quantitative estimate of drug-likeness (QED) is 0.831. The number of carbonyl (C=O) groups excluding carboxylic acids is 1. The van der Waals surface area contributed by atoms with Gasteiger partial charge >= 0.3 is 0 Å². The Bertz CT molecular complexity index is 365. The number of rotatable bonds is 3. The molecule has 0 spiro atoms. The summed E-state index contributed by atoms with van der Waals surface area (Å²) in [5, 5.41) is 6.70. The van der Waals surface area contributed by atoms with E-state index in [0.29, 0.717) is 11.5 Å². The third-order valence-electron chi connectivity index (χ3n) is 6.74. The third-order valence-corrected chi connectivity index (χ3v) is 6.74. The molecule has 20 heavy (non-hydrogen) atoms. The molecule has 0 aromatic rings. The molecule has 0 aromatic heterocycles. The highest BCUT2D eigenvalue weighted by molar-refractivity contribution is 5.82. The minimum Gasteiger partial charge on any atom is -0.352 e. The highest BCUT2D eigenvalue weighted by Gasteiger charge is 2.53. The smallest absolute Gasteiger partial charge is 0.237 e. The van der Waals surface area contributed by atoms with Crippen LogP contribution in [-0.2, 0) is 4.79 Å². The highest BCUT2D eigenvalue weighted by atomic mass is 16.2. The van der Waals surface area contributed by atoms with Gasteiger partial charge in [0.25, 0.3) is 0 Å². The summed E-state index contributed by atoms with van der Waals surface area (Å²) in [6.07, 6.45) is 10.7. The van der Waals surface area contributed by atoms with E-state index >= 15 is 0 Å². The van der Waals surface area contributed by atoms with Crippen molar-refractivity contribution in [3.05, 3.63) is 0 Å². The first-order valence-electron chi connectivity index (χ1n) is 8.68. The second kappa shape index (κ2) is 4.72. The van der Waals surface area contributed by atoms with Crippen LogP contribution in [0, 0.1) is 23.2 Å². The Morgan fingerprint density at radius 3 is 2.25 bits per heavy atom. The topological polar surface area (TPSA) is 41.1 Å². The van der Waals surface area contributed by atoms with Gasteiger partial charge in [-0.2, -0.15) is 0 Å². The van der Waals surface area contributed by atoms with E-state index in [1.165, 1.54) is 38.5 Å². The van der Waals surface area contributed by atoms with Crippen LogP contribution in [-0.4, -0.2) is 24.5 Å². The van der Waals surface area contributed by atoms with E-state index in [4.69, 9.17) is 0 Å². The van der Waals surface area contributed by atoms with Crippen LogP contribution in [0.4, 0.5) is 0 Å². The first-order valence-corrected chi connectivity index (χ1v) is 8.68. The molecule has 2 N–H and O–H groups in total. The maximum Gasteiger partial charge on any atom is 0.237 e. The third kappa shape index (κ3) is 2.09. The van der Waals surface area contributed by atoms with Gasteiger partial charge in [-0.05, 0) is 88.0 Å². The van der Waals surface area contributed by atoms with Gasteiger partial charge in [-0.1, -0.05) is 0 Å². The predicted octanol–water partition coefficient (Wildman–Crippen LogP) is 2.46. The fourth-order valence-corrected chi connectivity index (χ4v) is 6.08. The van der Waals surface area contributed by atoms with Crippen LogP contribution in [0.2, 0.25) is 0 Å². The molecule has 2 atom stereocenters. The second-order valence-corrected chi connectivity index (χ2v) is 8.16. The fraction of sp³-hybridized carbons (Fsp3) is 0.941. The van der Waals surface area contributed by atoms with Gasteiger partial charge in [0.2, 0.25) is 5.91 Å². The zero-order valence-corrected chi connectivity index (χ0v) is 12.7. The molecule has 1 unspecified atom stereocenters. The largest absolute Gasteiger partial charge is 0.352 e. The van der Waals surface area contributed by atoms with E-state index in [2.05, 4.69) is 17.6 Å². The molecular formula is C17H28N2O. The Morgan fingerprint density at radius 2 is 1.75 bits per heavy atom. The molecule has 4 saturated carbocycles. The van der Waals surface area contributed by atoms with Gasteiger partial charge < -0.3 is 10.6 Å². The molecule has 1 aliphatic heterocycles. The van der Waals surface area contributed by atoms with Gasteiger partial charge in [0.05, 0.1) is 6.04 Å². The van der Waals surface area contributed by atoms with E-state index in [1.54, 1.807) is 0 Å². The van der Waals surface area contributed by atoms with Gasteiger partial charge in [0, 0.05) is 6.04 Å². The summed E-state index contributed by atoms with van der Waals surface area (Å²) < 4.78 is 0. The van der Waals surface area contributed by atoms with Crippen LogP contribution < -0.4 is 10.6 Å². The minimum atomic E-state index is 0.0753. The van der Waals surface area contributed by atoms with Crippen molar-refractivity contribution >= 4 is 5.91 Å². The normalized spacial score (nSPS) is 47.5. The lowest BCUT2D eigenvalue weighted by Gasteiger charge is -2.59. The molecule has 1 amide bonds. The summed E-state index contributed by atoms with van der Waals surface area (Å²) in [6.45, 7) is 3.28. The molecule has 4 aliphatic carbocycles. The Labute approximate surface area is 122 Å². The molecule has 3 nitrogen and oxygen atoms in total. The van der Waals surface area contributed by atoms with Crippen molar-refractivity contribution in [1.82, 2.24) is 10.6 Å². The molecule has 112 valence electrons. The summed E-state index contributed by atoms with van der Waals surface area (Å²) in [7, 11) is 0. The Hall–Kier alpha value is -0.570. The summed E-state index contributed by atoms with van der Waals surface area (Å²) in [5.74, 6) is 3.14. The Morgan fingerprint density at radius 1 is 1.15 bits per heavy atom. The van der Waals surface area contributed by atoms with Crippen LogP contribution in [0.25, 0.3) is 0 Å². The molecule has 3 heteroatoms. The van der Waals surface area contributed by atoms with E-state index in [9.17, 15) is 4.79 Å². The summed E-state index contributed by atoms with van der Waals surface area (Å²) >= 11 is 0. The van der Waals surface area contributed by atoms with Crippen molar-refractivity contribution in [2.75, 3.05) is 6.54 Å². The average Bonchev–Trinajstić information content (AvgIpc) is 2.90. The van der Waals surface area contributed by atoms with Crippen LogP contribution in [0.15, 0.2) is 0 Å². The summed E-state index contributed by atoms with van der Waals surface area (Å²) in [4.78, 5) is 12.4. The van der Waals surface area contributed by atoms with Gasteiger partial charge in [0.1, 0.15) is 0 Å². The van der Waals surface area contributed by atoms with Crippen molar-refractivity contribution in [1.29, 1.82) is 0 Å². The lowest BCUT2D eigenvalue weighted by molar-refractivity contribution is -0.127. The average molecular weight is 276 g/mol. The summed E-state index contributed by atoms with van der Waals surface area (Å²) in [6, 6.07) is 0.442. The van der Waals surface area contributed by atoms with E-state index in [0.717, 1.165) is 37.1 Å². The molecule has 5 fully saturated rings. The van der Waals surface area contributed by atoms with Crippen LogP contribution >= 0.6 is 0 Å². The Balaban J connectivity index is 1.45. The Kier molecular flexibility index (Phi) is 3.10. The molecule has 5 aliphatic rings. The molecule has 5 rings (SSSR count). The summed E-state index contributed by atoms with van der Waals surface area (Å²) in [5.41, 5.74) is 0.434. The van der Waals surface area contributed by atoms with Crippen molar-refractivity contribution in [3.8, 4) is 0 Å². The van der Waals surface area contributed by atoms with Crippen LogP contribution in [0.1, 0.15) is 58.3 Å². The number of amides is 1. The van der Waals surface area contributed by atoms with Crippen molar-refractivity contribution < 1.29 is 4.79 Å². The number of carbonyl (C=O) groups is 1. The number of hydrogen-bond donors (Lipinski definition) is 2. The molecule has 1 saturated heterocycles. The van der Waals surface area contributed by atoms with Crippen LogP contribution in [0.5, 0.6) is 0 Å². The highest BCUT2D eigenvalue weighted by Crippen LogP contribution is 2.61. The molecule has 0 radical (unpaired) electrons. The second-order valence-electron chi connectivity index (χ2n) is 8.16. The zero-order chi connectivity index (χ0) is 13.7. The lowest BCUT2D eigenvalue weighted by atomic mass is 9.48. The molecule has 1 heterocycles. The SMILES string of the molecule is CC(NC(=O)[C@@H]1CCCN1)C12CC3CC(CC(C3)C1)C2. The first-order chi connectivity index (χ1) is 9.64. The number of nitrogens with one attached hydrogen (secondary N) is 2. The van der Waals surface area contributed by atoms with E-state index in [-0.39, 0.29) is 11.9 Å². The van der Waals surface area contributed by atoms with Gasteiger partial charge in [-0.25, -0.2) is 0 Å².